The molecular weight excluding hydrogens is 284 g/mol. The standard InChI is InChI=1S/C9H6BrClN2S/c10-5-7-4-9(13-14-7)8-3-6(11)1-2-12-8/h1-4H,5H2. The Morgan fingerprint density at radius 3 is 2.86 bits per heavy atom. The molecule has 0 unspecified atom stereocenters. The van der Waals surface area contributed by atoms with Crippen molar-refractivity contribution in [1.82, 2.24) is 9.36 Å². The summed E-state index contributed by atoms with van der Waals surface area (Å²) in [5, 5.41) is 1.51. The third-order valence-electron chi connectivity index (χ3n) is 1.68. The van der Waals surface area contributed by atoms with Crippen molar-refractivity contribution in [3.63, 3.8) is 0 Å². The summed E-state index contributed by atoms with van der Waals surface area (Å²) in [6.45, 7) is 0. The van der Waals surface area contributed by atoms with Crippen LogP contribution in [-0.4, -0.2) is 9.36 Å². The molecule has 0 aliphatic heterocycles. The minimum Gasteiger partial charge on any atom is -0.254 e. The molecule has 72 valence electrons. The van der Waals surface area contributed by atoms with Gasteiger partial charge in [0, 0.05) is 21.4 Å². The molecule has 0 aliphatic carbocycles. The molecule has 0 atom stereocenters. The second-order valence-electron chi connectivity index (χ2n) is 2.67. The van der Waals surface area contributed by atoms with Crippen molar-refractivity contribution in [2.45, 2.75) is 5.33 Å². The van der Waals surface area contributed by atoms with Crippen LogP contribution in [0.2, 0.25) is 5.02 Å². The van der Waals surface area contributed by atoms with Crippen LogP contribution in [0, 0.1) is 0 Å². The Morgan fingerprint density at radius 2 is 2.21 bits per heavy atom. The van der Waals surface area contributed by atoms with Crippen LogP contribution in [0.25, 0.3) is 11.4 Å². The first-order valence-electron chi connectivity index (χ1n) is 3.93. The highest BCUT2D eigenvalue weighted by Gasteiger charge is 2.05. The molecule has 0 aliphatic rings. The number of rotatable bonds is 2. The Morgan fingerprint density at radius 1 is 1.36 bits per heavy atom. The molecule has 0 fully saturated rings. The second kappa shape index (κ2) is 4.38. The van der Waals surface area contributed by atoms with E-state index in [4.69, 9.17) is 11.6 Å². The Bertz CT molecular complexity index is 444. The maximum atomic E-state index is 5.86. The van der Waals surface area contributed by atoms with Gasteiger partial charge in [-0.25, -0.2) is 0 Å². The number of aromatic nitrogens is 2. The zero-order chi connectivity index (χ0) is 9.97. The Balaban J connectivity index is 2.39. The van der Waals surface area contributed by atoms with E-state index >= 15 is 0 Å². The van der Waals surface area contributed by atoms with Crippen LogP contribution in [-0.2, 0) is 5.33 Å². The largest absolute Gasteiger partial charge is 0.254 e. The number of pyridine rings is 1. The molecule has 14 heavy (non-hydrogen) atoms. The summed E-state index contributed by atoms with van der Waals surface area (Å²) in [5.74, 6) is 0. The molecule has 0 spiro atoms. The molecule has 2 aromatic heterocycles. The predicted molar refractivity (Wildman–Crippen MR) is 63.0 cm³/mol. The maximum absolute atomic E-state index is 5.86. The van der Waals surface area contributed by atoms with E-state index in [0.29, 0.717) is 5.02 Å². The van der Waals surface area contributed by atoms with Gasteiger partial charge in [0.25, 0.3) is 0 Å². The van der Waals surface area contributed by atoms with E-state index in [0.717, 1.165) is 16.7 Å². The Kier molecular flexibility index (Phi) is 3.15. The lowest BCUT2D eigenvalue weighted by Crippen LogP contribution is -1.81. The summed E-state index contributed by atoms with van der Waals surface area (Å²) < 4.78 is 4.29. The van der Waals surface area contributed by atoms with Gasteiger partial charge in [0.2, 0.25) is 0 Å². The van der Waals surface area contributed by atoms with Crippen LogP contribution in [0.15, 0.2) is 24.4 Å². The summed E-state index contributed by atoms with van der Waals surface area (Å²) in [6.07, 6.45) is 1.69. The van der Waals surface area contributed by atoms with Crippen LogP contribution in [0.4, 0.5) is 0 Å². The molecule has 2 aromatic rings. The molecule has 5 heteroatoms. The van der Waals surface area contributed by atoms with Crippen LogP contribution >= 0.6 is 39.1 Å². The molecule has 0 bridgehead atoms. The smallest absolute Gasteiger partial charge is 0.103 e. The van der Waals surface area contributed by atoms with Gasteiger partial charge in [0.1, 0.15) is 5.69 Å². The summed E-state index contributed by atoms with van der Waals surface area (Å²) in [7, 11) is 0. The molecule has 0 radical (unpaired) electrons. The van der Waals surface area contributed by atoms with Gasteiger partial charge < -0.3 is 0 Å². The van der Waals surface area contributed by atoms with E-state index in [1.165, 1.54) is 16.4 Å². The van der Waals surface area contributed by atoms with E-state index in [2.05, 4.69) is 25.3 Å². The van der Waals surface area contributed by atoms with Crippen LogP contribution in [0.5, 0.6) is 0 Å². The molecule has 0 amide bonds. The first kappa shape index (κ1) is 10.1. The fraction of sp³-hybridized carbons (Fsp3) is 0.111. The normalized spacial score (nSPS) is 10.4. The second-order valence-corrected chi connectivity index (χ2v) is 4.56. The van der Waals surface area contributed by atoms with E-state index in [1.54, 1.807) is 12.3 Å². The first-order valence-corrected chi connectivity index (χ1v) is 6.20. The average Bonchev–Trinajstić information content (AvgIpc) is 2.66. The van der Waals surface area contributed by atoms with Gasteiger partial charge in [-0.3, -0.25) is 4.98 Å². The Labute approximate surface area is 99.2 Å². The predicted octanol–water partition coefficient (Wildman–Crippen LogP) is 3.75. The third kappa shape index (κ3) is 2.13. The highest BCUT2D eigenvalue weighted by atomic mass is 79.9. The Hall–Kier alpha value is -0.450. The lowest BCUT2D eigenvalue weighted by molar-refractivity contribution is 1.30. The molecule has 0 saturated carbocycles. The van der Waals surface area contributed by atoms with Crippen molar-refractivity contribution < 1.29 is 0 Å². The van der Waals surface area contributed by atoms with E-state index in [1.807, 2.05) is 12.1 Å². The lowest BCUT2D eigenvalue weighted by Gasteiger charge is -1.94. The lowest BCUT2D eigenvalue weighted by atomic mass is 10.2. The fourth-order valence-electron chi connectivity index (χ4n) is 1.04. The number of hydrogen-bond donors (Lipinski definition) is 0. The molecular formula is C9H6BrClN2S. The minimum atomic E-state index is 0.684. The highest BCUT2D eigenvalue weighted by Crippen LogP contribution is 2.23. The molecule has 2 nitrogen and oxygen atoms in total. The van der Waals surface area contributed by atoms with Gasteiger partial charge in [-0.1, -0.05) is 27.5 Å². The van der Waals surface area contributed by atoms with Crippen molar-refractivity contribution in [2.75, 3.05) is 0 Å². The number of hydrogen-bond acceptors (Lipinski definition) is 3. The van der Waals surface area contributed by atoms with Crippen molar-refractivity contribution in [2.24, 2.45) is 0 Å². The molecule has 2 rings (SSSR count). The van der Waals surface area contributed by atoms with E-state index < -0.39 is 0 Å². The van der Waals surface area contributed by atoms with E-state index in [9.17, 15) is 0 Å². The van der Waals surface area contributed by atoms with Crippen molar-refractivity contribution in [3.05, 3.63) is 34.3 Å². The van der Waals surface area contributed by atoms with Crippen molar-refractivity contribution in [1.29, 1.82) is 0 Å². The fourth-order valence-corrected chi connectivity index (χ4v) is 2.25. The average molecular weight is 290 g/mol. The number of halogens is 2. The third-order valence-corrected chi connectivity index (χ3v) is 3.67. The highest BCUT2D eigenvalue weighted by molar-refractivity contribution is 9.08. The number of alkyl halides is 1. The van der Waals surface area contributed by atoms with Gasteiger partial charge in [-0.15, -0.1) is 0 Å². The first-order chi connectivity index (χ1) is 6.79. The van der Waals surface area contributed by atoms with Crippen molar-refractivity contribution in [3.8, 4) is 11.4 Å². The molecule has 0 saturated heterocycles. The van der Waals surface area contributed by atoms with E-state index in [-0.39, 0.29) is 0 Å². The van der Waals surface area contributed by atoms with Crippen LogP contribution in [0.3, 0.4) is 0 Å². The topological polar surface area (TPSA) is 25.8 Å². The zero-order valence-electron chi connectivity index (χ0n) is 7.08. The molecule has 2 heterocycles. The van der Waals surface area contributed by atoms with Gasteiger partial charge in [0.15, 0.2) is 0 Å². The summed E-state index contributed by atoms with van der Waals surface area (Å²) in [6, 6.07) is 5.58. The van der Waals surface area contributed by atoms with Gasteiger partial charge >= 0.3 is 0 Å². The number of nitrogens with zero attached hydrogens (tertiary/aromatic N) is 2. The zero-order valence-corrected chi connectivity index (χ0v) is 10.2. The van der Waals surface area contributed by atoms with Gasteiger partial charge in [0.05, 0.1) is 5.69 Å². The summed E-state index contributed by atoms with van der Waals surface area (Å²) in [4.78, 5) is 5.38. The van der Waals surface area contributed by atoms with Crippen LogP contribution < -0.4 is 0 Å². The monoisotopic (exact) mass is 288 g/mol. The SMILES string of the molecule is Clc1ccnc(-c2cc(CBr)sn2)c1. The van der Waals surface area contributed by atoms with Gasteiger partial charge in [-0.05, 0) is 29.7 Å². The molecule has 0 aromatic carbocycles. The maximum Gasteiger partial charge on any atom is 0.103 e. The minimum absolute atomic E-state index is 0.684. The molecule has 0 N–H and O–H groups in total. The van der Waals surface area contributed by atoms with Crippen molar-refractivity contribution >= 4 is 39.1 Å². The summed E-state index contributed by atoms with van der Waals surface area (Å²) in [5.41, 5.74) is 1.70. The quantitative estimate of drug-likeness (QED) is 0.787. The van der Waals surface area contributed by atoms with Crippen LogP contribution in [0.1, 0.15) is 4.88 Å². The van der Waals surface area contributed by atoms with Gasteiger partial charge in [-0.2, -0.15) is 4.37 Å². The summed E-state index contributed by atoms with van der Waals surface area (Å²) >= 11 is 10.7.